The highest BCUT2D eigenvalue weighted by molar-refractivity contribution is 5.37. The molecule has 3 rings (SSSR count). The second-order valence-corrected chi connectivity index (χ2v) is 6.35. The van der Waals surface area contributed by atoms with Gasteiger partial charge in [-0.15, -0.1) is 0 Å². The van der Waals surface area contributed by atoms with Crippen molar-refractivity contribution in [2.24, 2.45) is 0 Å². The molecule has 2 unspecified atom stereocenters. The average molecular weight is 299 g/mol. The summed E-state index contributed by atoms with van der Waals surface area (Å²) in [5, 5.41) is 11.0. The first kappa shape index (κ1) is 14.9. The minimum atomic E-state index is -4.33. The first-order valence-corrected chi connectivity index (χ1v) is 7.44. The first-order chi connectivity index (χ1) is 9.79. The Hall–Kier alpha value is -1.07. The summed E-state index contributed by atoms with van der Waals surface area (Å²) < 4.78 is 38.2. The van der Waals surface area contributed by atoms with Gasteiger partial charge in [-0.05, 0) is 62.4 Å². The number of benzene rings is 1. The second-order valence-electron chi connectivity index (χ2n) is 6.35. The van der Waals surface area contributed by atoms with Gasteiger partial charge in [0.25, 0.3) is 0 Å². The summed E-state index contributed by atoms with van der Waals surface area (Å²) in [6.07, 6.45) is -0.898. The number of aliphatic hydroxyl groups is 1. The summed E-state index contributed by atoms with van der Waals surface area (Å²) in [5.74, 6) is 0. The molecule has 0 aliphatic carbocycles. The molecule has 2 nitrogen and oxygen atoms in total. The zero-order valence-electron chi connectivity index (χ0n) is 12.1. The molecule has 0 bridgehead atoms. The molecule has 0 spiro atoms. The monoisotopic (exact) mass is 299 g/mol. The van der Waals surface area contributed by atoms with Crippen LogP contribution in [0.5, 0.6) is 0 Å². The molecule has 2 heterocycles. The Morgan fingerprint density at radius 3 is 2.71 bits per heavy atom. The Morgan fingerprint density at radius 1 is 1.29 bits per heavy atom. The highest BCUT2D eigenvalue weighted by atomic mass is 19.4. The van der Waals surface area contributed by atoms with Gasteiger partial charge in [0.15, 0.2) is 0 Å². The van der Waals surface area contributed by atoms with E-state index in [1.165, 1.54) is 6.07 Å². The number of fused-ring (bicyclic) bond motifs is 1. The van der Waals surface area contributed by atoms with Crippen LogP contribution in [-0.4, -0.2) is 29.1 Å². The van der Waals surface area contributed by atoms with Crippen LogP contribution < -0.4 is 0 Å². The second kappa shape index (κ2) is 4.99. The number of nitrogens with zero attached hydrogens (tertiary/aromatic N) is 1. The van der Waals surface area contributed by atoms with Gasteiger partial charge >= 0.3 is 6.18 Å². The number of hydrogen-bond acceptors (Lipinski definition) is 2. The van der Waals surface area contributed by atoms with Crippen LogP contribution in [0, 0.1) is 6.92 Å². The van der Waals surface area contributed by atoms with Crippen LogP contribution in [0.15, 0.2) is 18.2 Å². The van der Waals surface area contributed by atoms with Crippen LogP contribution in [-0.2, 0) is 11.8 Å². The van der Waals surface area contributed by atoms with E-state index in [4.69, 9.17) is 0 Å². The predicted octanol–water partition coefficient (Wildman–Crippen LogP) is 3.46. The normalized spacial score (nSPS) is 30.4. The third kappa shape index (κ3) is 2.69. The Kier molecular flexibility index (Phi) is 3.53. The van der Waals surface area contributed by atoms with Gasteiger partial charge < -0.3 is 10.0 Å². The summed E-state index contributed by atoms with van der Waals surface area (Å²) in [6, 6.07) is 4.06. The zero-order chi connectivity index (χ0) is 15.3. The van der Waals surface area contributed by atoms with Crippen molar-refractivity contribution in [1.82, 2.24) is 4.90 Å². The van der Waals surface area contributed by atoms with Gasteiger partial charge in [-0.1, -0.05) is 6.07 Å². The van der Waals surface area contributed by atoms with Crippen LogP contribution in [0.2, 0.25) is 0 Å². The van der Waals surface area contributed by atoms with Crippen LogP contribution in [0.1, 0.15) is 42.4 Å². The molecule has 0 radical (unpaired) electrons. The first-order valence-electron chi connectivity index (χ1n) is 7.44. The lowest BCUT2D eigenvalue weighted by molar-refractivity contribution is -0.137. The van der Waals surface area contributed by atoms with Crippen LogP contribution in [0.4, 0.5) is 13.2 Å². The SMILES string of the molecule is Cc1cc(C(F)(F)F)ccc1C1(O)CCN2CCCC2C1. The highest BCUT2D eigenvalue weighted by Crippen LogP contribution is 2.41. The number of hydrogen-bond donors (Lipinski definition) is 1. The van der Waals surface area contributed by atoms with Crippen molar-refractivity contribution in [1.29, 1.82) is 0 Å². The Bertz CT molecular complexity index is 543. The van der Waals surface area contributed by atoms with E-state index in [9.17, 15) is 18.3 Å². The molecule has 2 fully saturated rings. The fourth-order valence-corrected chi connectivity index (χ4v) is 3.85. The van der Waals surface area contributed by atoms with Crippen molar-refractivity contribution < 1.29 is 18.3 Å². The van der Waals surface area contributed by atoms with E-state index in [1.807, 2.05) is 0 Å². The van der Waals surface area contributed by atoms with Crippen molar-refractivity contribution in [3.8, 4) is 0 Å². The maximum Gasteiger partial charge on any atom is 0.416 e. The van der Waals surface area contributed by atoms with Gasteiger partial charge in [0.2, 0.25) is 0 Å². The lowest BCUT2D eigenvalue weighted by Gasteiger charge is -2.41. The molecule has 2 saturated heterocycles. The molecule has 0 aromatic heterocycles. The van der Waals surface area contributed by atoms with Crippen molar-refractivity contribution in [3.05, 3.63) is 34.9 Å². The van der Waals surface area contributed by atoms with Gasteiger partial charge in [-0.2, -0.15) is 13.2 Å². The molecule has 0 saturated carbocycles. The summed E-state index contributed by atoms with van der Waals surface area (Å²) in [7, 11) is 0. The molecule has 0 amide bonds. The smallest absolute Gasteiger partial charge is 0.385 e. The molecule has 5 heteroatoms. The van der Waals surface area contributed by atoms with Crippen LogP contribution in [0.25, 0.3) is 0 Å². The molecule has 2 aliphatic heterocycles. The standard InChI is InChI=1S/C16H20F3NO/c1-11-9-12(16(17,18)19)4-5-14(11)15(21)6-8-20-7-2-3-13(20)10-15/h4-5,9,13,21H,2-3,6-8,10H2,1H3. The van der Waals surface area contributed by atoms with Crippen molar-refractivity contribution >= 4 is 0 Å². The molecular weight excluding hydrogens is 279 g/mol. The van der Waals surface area contributed by atoms with E-state index >= 15 is 0 Å². The van der Waals surface area contributed by atoms with E-state index in [0.29, 0.717) is 30.0 Å². The van der Waals surface area contributed by atoms with Crippen molar-refractivity contribution in [2.75, 3.05) is 13.1 Å². The molecule has 1 N–H and O–H groups in total. The molecule has 2 aliphatic rings. The minimum absolute atomic E-state index is 0.366. The minimum Gasteiger partial charge on any atom is -0.385 e. The molecule has 1 aromatic carbocycles. The summed E-state index contributed by atoms with van der Waals surface area (Å²) in [6.45, 7) is 3.55. The number of aryl methyl sites for hydroxylation is 1. The molecule has 2 atom stereocenters. The number of rotatable bonds is 1. The van der Waals surface area contributed by atoms with Gasteiger partial charge in [0, 0.05) is 12.6 Å². The van der Waals surface area contributed by atoms with E-state index in [1.54, 1.807) is 6.92 Å². The molecule has 1 aromatic rings. The quantitative estimate of drug-likeness (QED) is 0.858. The third-order valence-corrected chi connectivity index (χ3v) is 4.94. The van der Waals surface area contributed by atoms with E-state index in [2.05, 4.69) is 4.90 Å². The van der Waals surface area contributed by atoms with E-state index < -0.39 is 17.3 Å². The summed E-state index contributed by atoms with van der Waals surface area (Å²) >= 11 is 0. The Balaban J connectivity index is 1.89. The summed E-state index contributed by atoms with van der Waals surface area (Å²) in [4.78, 5) is 2.38. The van der Waals surface area contributed by atoms with Gasteiger partial charge in [0.05, 0.1) is 11.2 Å². The predicted molar refractivity (Wildman–Crippen MR) is 73.9 cm³/mol. The number of piperidine rings is 1. The highest BCUT2D eigenvalue weighted by Gasteiger charge is 2.42. The van der Waals surface area contributed by atoms with Crippen LogP contribution in [0.3, 0.4) is 0 Å². The van der Waals surface area contributed by atoms with E-state index in [0.717, 1.165) is 38.1 Å². The third-order valence-electron chi connectivity index (χ3n) is 4.94. The topological polar surface area (TPSA) is 23.5 Å². The largest absolute Gasteiger partial charge is 0.416 e. The van der Waals surface area contributed by atoms with Crippen molar-refractivity contribution in [2.45, 2.75) is 50.4 Å². The lowest BCUT2D eigenvalue weighted by Crippen LogP contribution is -2.46. The zero-order valence-corrected chi connectivity index (χ0v) is 12.1. The fourth-order valence-electron chi connectivity index (χ4n) is 3.85. The molecular formula is C16H20F3NO. The average Bonchev–Trinajstić information content (AvgIpc) is 2.84. The molecule has 21 heavy (non-hydrogen) atoms. The fraction of sp³-hybridized carbons (Fsp3) is 0.625. The summed E-state index contributed by atoms with van der Waals surface area (Å²) in [5.41, 5.74) is -0.453. The van der Waals surface area contributed by atoms with Gasteiger partial charge in [-0.3, -0.25) is 0 Å². The number of alkyl halides is 3. The number of halogens is 3. The Labute approximate surface area is 122 Å². The van der Waals surface area contributed by atoms with Crippen LogP contribution >= 0.6 is 0 Å². The van der Waals surface area contributed by atoms with Gasteiger partial charge in [0.1, 0.15) is 0 Å². The van der Waals surface area contributed by atoms with Gasteiger partial charge in [-0.25, -0.2) is 0 Å². The Morgan fingerprint density at radius 2 is 2.05 bits per heavy atom. The molecule has 116 valence electrons. The van der Waals surface area contributed by atoms with E-state index in [-0.39, 0.29) is 0 Å². The maximum atomic E-state index is 12.7. The lowest BCUT2D eigenvalue weighted by atomic mass is 9.79. The maximum absolute atomic E-state index is 12.7. The van der Waals surface area contributed by atoms with Crippen molar-refractivity contribution in [3.63, 3.8) is 0 Å².